The zero-order valence-electron chi connectivity index (χ0n) is 14.3. The number of aliphatic hydroxyl groups is 1. The first kappa shape index (κ1) is 16.7. The average molecular weight is 328 g/mol. The third kappa shape index (κ3) is 3.22. The van der Waals surface area contributed by atoms with E-state index in [1.807, 2.05) is 36.1 Å². The number of benzene rings is 1. The number of aliphatic hydroxyl groups excluding tert-OH is 1. The third-order valence-electron chi connectivity index (χ3n) is 4.71. The van der Waals surface area contributed by atoms with Crippen LogP contribution in [0.5, 0.6) is 5.75 Å². The van der Waals surface area contributed by atoms with E-state index < -0.39 is 0 Å². The van der Waals surface area contributed by atoms with E-state index in [9.17, 15) is 4.79 Å². The van der Waals surface area contributed by atoms with E-state index in [1.165, 1.54) is 0 Å². The third-order valence-corrected chi connectivity index (χ3v) is 4.71. The van der Waals surface area contributed by atoms with Crippen molar-refractivity contribution in [2.75, 3.05) is 20.3 Å². The van der Waals surface area contributed by atoms with Crippen molar-refractivity contribution in [3.63, 3.8) is 0 Å². The van der Waals surface area contributed by atoms with Crippen molar-refractivity contribution in [1.82, 2.24) is 9.88 Å². The summed E-state index contributed by atoms with van der Waals surface area (Å²) in [6, 6.07) is 7.73. The first-order valence-electron chi connectivity index (χ1n) is 8.51. The smallest absolute Gasteiger partial charge is 0.254 e. The highest BCUT2D eigenvalue weighted by Crippen LogP contribution is 2.28. The minimum Gasteiger partial charge on any atom is -0.497 e. The number of hydrogen-bond acceptors (Lipinski definition) is 4. The molecule has 0 aliphatic carbocycles. The summed E-state index contributed by atoms with van der Waals surface area (Å²) in [4.78, 5) is 19.7. The number of rotatable bonds is 5. The molecule has 24 heavy (non-hydrogen) atoms. The summed E-state index contributed by atoms with van der Waals surface area (Å²) >= 11 is 0. The summed E-state index contributed by atoms with van der Waals surface area (Å²) < 4.78 is 5.31. The zero-order chi connectivity index (χ0) is 17.1. The number of aryl methyl sites for hydroxylation is 1. The maximum Gasteiger partial charge on any atom is 0.254 e. The minimum absolute atomic E-state index is 0.0548. The first-order valence-corrected chi connectivity index (χ1v) is 8.51. The van der Waals surface area contributed by atoms with Gasteiger partial charge in [-0.2, -0.15) is 0 Å². The van der Waals surface area contributed by atoms with E-state index in [0.717, 1.165) is 54.6 Å². The highest BCUT2D eigenvalue weighted by Gasteiger charge is 2.30. The Balaban J connectivity index is 1.99. The van der Waals surface area contributed by atoms with Gasteiger partial charge in [-0.1, -0.05) is 0 Å². The molecule has 0 saturated carbocycles. The van der Waals surface area contributed by atoms with Crippen LogP contribution in [0.25, 0.3) is 10.9 Å². The van der Waals surface area contributed by atoms with Crippen molar-refractivity contribution in [3.8, 4) is 5.75 Å². The number of methoxy groups -OCH3 is 1. The van der Waals surface area contributed by atoms with Crippen molar-refractivity contribution in [3.05, 3.63) is 35.5 Å². The molecule has 0 spiro atoms. The van der Waals surface area contributed by atoms with Gasteiger partial charge in [0.15, 0.2) is 0 Å². The van der Waals surface area contributed by atoms with Crippen LogP contribution < -0.4 is 4.74 Å². The van der Waals surface area contributed by atoms with Gasteiger partial charge in [0.1, 0.15) is 5.75 Å². The van der Waals surface area contributed by atoms with Gasteiger partial charge in [-0.05, 0) is 56.9 Å². The number of likely N-dealkylation sites (tertiary alicyclic amines) is 1. The van der Waals surface area contributed by atoms with Crippen LogP contribution >= 0.6 is 0 Å². The molecule has 0 radical (unpaired) electrons. The molecule has 1 unspecified atom stereocenters. The van der Waals surface area contributed by atoms with Gasteiger partial charge in [-0.25, -0.2) is 0 Å². The van der Waals surface area contributed by atoms with Crippen LogP contribution in [0.2, 0.25) is 0 Å². The molecule has 2 heterocycles. The number of carbonyl (C=O) groups is 1. The van der Waals surface area contributed by atoms with Gasteiger partial charge in [-0.3, -0.25) is 9.78 Å². The fourth-order valence-corrected chi connectivity index (χ4v) is 3.53. The number of nitrogens with zero attached hydrogens (tertiary/aromatic N) is 2. The number of fused-ring (bicyclic) bond motifs is 1. The lowest BCUT2D eigenvalue weighted by Gasteiger charge is -2.25. The van der Waals surface area contributed by atoms with Gasteiger partial charge in [0.2, 0.25) is 0 Å². The Morgan fingerprint density at radius 2 is 2.25 bits per heavy atom. The maximum absolute atomic E-state index is 13.2. The molecule has 1 amide bonds. The summed E-state index contributed by atoms with van der Waals surface area (Å²) in [7, 11) is 1.62. The highest BCUT2D eigenvalue weighted by atomic mass is 16.5. The topological polar surface area (TPSA) is 62.7 Å². The number of amides is 1. The molecular weight excluding hydrogens is 304 g/mol. The Morgan fingerprint density at radius 3 is 3.00 bits per heavy atom. The lowest BCUT2D eigenvalue weighted by Crippen LogP contribution is -2.35. The molecule has 128 valence electrons. The van der Waals surface area contributed by atoms with Gasteiger partial charge in [0.05, 0.1) is 18.2 Å². The van der Waals surface area contributed by atoms with E-state index in [1.54, 1.807) is 7.11 Å². The second-order valence-electron chi connectivity index (χ2n) is 6.35. The molecule has 5 nitrogen and oxygen atoms in total. The van der Waals surface area contributed by atoms with E-state index >= 15 is 0 Å². The Labute approximate surface area is 142 Å². The quantitative estimate of drug-likeness (QED) is 0.916. The standard InChI is InChI=1S/C19H24N2O3/c1-13-11-17(16-12-15(24-2)7-8-18(16)20-13)19(23)21-9-3-5-14(21)6-4-10-22/h7-8,11-12,14,22H,3-6,9-10H2,1-2H3. The SMILES string of the molecule is COc1ccc2nc(C)cc(C(=O)N3CCCC3CCCO)c2c1. The number of aromatic nitrogens is 1. The van der Waals surface area contributed by atoms with Crippen molar-refractivity contribution >= 4 is 16.8 Å². The predicted octanol–water partition coefficient (Wildman–Crippen LogP) is 2.93. The van der Waals surface area contributed by atoms with E-state index in [-0.39, 0.29) is 18.6 Å². The van der Waals surface area contributed by atoms with Gasteiger partial charge < -0.3 is 14.7 Å². The summed E-state index contributed by atoms with van der Waals surface area (Å²) in [5.41, 5.74) is 2.33. The molecule has 1 fully saturated rings. The predicted molar refractivity (Wildman–Crippen MR) is 93.4 cm³/mol. The molecule has 3 rings (SSSR count). The fourth-order valence-electron chi connectivity index (χ4n) is 3.53. The van der Waals surface area contributed by atoms with Gasteiger partial charge in [-0.15, -0.1) is 0 Å². The van der Waals surface area contributed by atoms with E-state index in [2.05, 4.69) is 4.98 Å². The molecule has 1 aliphatic rings. The number of hydrogen-bond donors (Lipinski definition) is 1. The first-order chi connectivity index (χ1) is 11.6. The Bertz CT molecular complexity index is 745. The number of carbonyl (C=O) groups excluding carboxylic acids is 1. The summed E-state index contributed by atoms with van der Waals surface area (Å²) in [5, 5.41) is 9.91. The molecule has 1 N–H and O–H groups in total. The summed E-state index contributed by atoms with van der Waals surface area (Å²) in [5.74, 6) is 0.777. The largest absolute Gasteiger partial charge is 0.497 e. The van der Waals surface area contributed by atoms with Gasteiger partial charge in [0.25, 0.3) is 5.91 Å². The van der Waals surface area contributed by atoms with Crippen LogP contribution in [-0.2, 0) is 0 Å². The van der Waals surface area contributed by atoms with Crippen LogP contribution in [-0.4, -0.2) is 47.2 Å². The Morgan fingerprint density at radius 1 is 1.42 bits per heavy atom. The fraction of sp³-hybridized carbons (Fsp3) is 0.474. The monoisotopic (exact) mass is 328 g/mol. The minimum atomic E-state index is 0.0548. The molecule has 1 aliphatic heterocycles. The molecular formula is C19H24N2O3. The number of pyridine rings is 1. The summed E-state index contributed by atoms with van der Waals surface area (Å²) in [6.45, 7) is 2.86. The maximum atomic E-state index is 13.2. The average Bonchev–Trinajstić information content (AvgIpc) is 3.06. The molecule has 1 aromatic carbocycles. The molecule has 2 aromatic rings. The summed E-state index contributed by atoms with van der Waals surface area (Å²) in [6.07, 6.45) is 3.62. The molecule has 5 heteroatoms. The van der Waals surface area contributed by atoms with Crippen molar-refractivity contribution in [1.29, 1.82) is 0 Å². The molecule has 1 atom stereocenters. The lowest BCUT2D eigenvalue weighted by atomic mass is 10.0. The lowest BCUT2D eigenvalue weighted by molar-refractivity contribution is 0.0726. The van der Waals surface area contributed by atoms with Crippen LogP contribution in [0, 0.1) is 6.92 Å². The van der Waals surface area contributed by atoms with Crippen LogP contribution in [0.1, 0.15) is 41.7 Å². The van der Waals surface area contributed by atoms with E-state index in [0.29, 0.717) is 5.56 Å². The van der Waals surface area contributed by atoms with Crippen molar-refractivity contribution < 1.29 is 14.6 Å². The van der Waals surface area contributed by atoms with Crippen LogP contribution in [0.3, 0.4) is 0 Å². The molecule has 0 bridgehead atoms. The van der Waals surface area contributed by atoms with Crippen molar-refractivity contribution in [2.24, 2.45) is 0 Å². The second-order valence-corrected chi connectivity index (χ2v) is 6.35. The Hall–Kier alpha value is -2.14. The molecule has 1 saturated heterocycles. The van der Waals surface area contributed by atoms with Crippen molar-refractivity contribution in [2.45, 2.75) is 38.6 Å². The zero-order valence-corrected chi connectivity index (χ0v) is 14.3. The van der Waals surface area contributed by atoms with Crippen LogP contribution in [0.15, 0.2) is 24.3 Å². The normalized spacial score (nSPS) is 17.5. The molecule has 1 aromatic heterocycles. The van der Waals surface area contributed by atoms with Gasteiger partial charge in [0, 0.05) is 30.3 Å². The number of ether oxygens (including phenoxy) is 1. The highest BCUT2D eigenvalue weighted by molar-refractivity contribution is 6.06. The Kier molecular flexibility index (Phi) is 5.00. The van der Waals surface area contributed by atoms with E-state index in [4.69, 9.17) is 9.84 Å². The second kappa shape index (κ2) is 7.18. The van der Waals surface area contributed by atoms with Gasteiger partial charge >= 0.3 is 0 Å². The van der Waals surface area contributed by atoms with Crippen LogP contribution in [0.4, 0.5) is 0 Å².